The summed E-state index contributed by atoms with van der Waals surface area (Å²) in [5.41, 5.74) is 1.78. The van der Waals surface area contributed by atoms with E-state index >= 15 is 0 Å². The van der Waals surface area contributed by atoms with Crippen LogP contribution in [-0.4, -0.2) is 18.2 Å². The van der Waals surface area contributed by atoms with E-state index in [1.54, 1.807) is 0 Å². The molecule has 4 aliphatic rings. The van der Waals surface area contributed by atoms with Crippen molar-refractivity contribution < 1.29 is 4.74 Å². The van der Waals surface area contributed by atoms with Crippen molar-refractivity contribution in [2.75, 3.05) is 7.11 Å². The first-order chi connectivity index (χ1) is 14.2. The number of aromatic nitrogens is 1. The number of ether oxygens (including phenoxy) is 1. The molecule has 0 spiro atoms. The quantitative estimate of drug-likeness (QED) is 0.556. The Morgan fingerprint density at radius 1 is 1.03 bits per heavy atom. The second-order valence-corrected chi connectivity index (χ2v) is 10.7. The number of fused-ring (bicyclic) bond motifs is 5. The molecule has 7 atom stereocenters. The molecule has 1 aromatic rings. The summed E-state index contributed by atoms with van der Waals surface area (Å²) in [5, 5.41) is 0. The van der Waals surface area contributed by atoms with E-state index in [9.17, 15) is 0 Å². The second kappa shape index (κ2) is 7.73. The standard InChI is InChI=1S/C27H37NO/c1-26-16-5-3-8-20(26)11-12-22-23(26)15-18-27(24(22)13-14-25(27)29-2)17-7-10-21-9-4-6-19-28-21/h4,6,9,19-20,22-25H,3,5,8,11-18H2,1-2H3/t20-,22+,23-,24-,25-,26-,27-/m0/s1. The molecule has 5 rings (SSSR count). The van der Waals surface area contributed by atoms with Gasteiger partial charge in [-0.05, 0) is 98.5 Å². The van der Waals surface area contributed by atoms with E-state index in [0.717, 1.165) is 35.8 Å². The molecule has 0 aliphatic heterocycles. The third-order valence-corrected chi connectivity index (χ3v) is 9.80. The number of nitrogens with zero attached hydrogens (tertiary/aromatic N) is 1. The minimum absolute atomic E-state index is 0.273. The van der Waals surface area contributed by atoms with Crippen molar-refractivity contribution in [3.8, 4) is 11.8 Å². The molecule has 0 unspecified atom stereocenters. The van der Waals surface area contributed by atoms with E-state index in [2.05, 4.69) is 23.7 Å². The molecule has 29 heavy (non-hydrogen) atoms. The summed E-state index contributed by atoms with van der Waals surface area (Å²) >= 11 is 0. The van der Waals surface area contributed by atoms with Crippen LogP contribution in [0.15, 0.2) is 24.4 Å². The van der Waals surface area contributed by atoms with Crippen molar-refractivity contribution in [3.05, 3.63) is 30.1 Å². The third-order valence-electron chi connectivity index (χ3n) is 9.80. The maximum atomic E-state index is 6.11. The average Bonchev–Trinajstić information content (AvgIpc) is 3.13. The Morgan fingerprint density at radius 3 is 2.79 bits per heavy atom. The van der Waals surface area contributed by atoms with E-state index in [0.29, 0.717) is 11.5 Å². The highest BCUT2D eigenvalue weighted by Gasteiger charge is 2.61. The van der Waals surface area contributed by atoms with E-state index in [4.69, 9.17) is 4.74 Å². The lowest BCUT2D eigenvalue weighted by Crippen LogP contribution is -2.54. The zero-order valence-electron chi connectivity index (χ0n) is 18.3. The minimum Gasteiger partial charge on any atom is -0.381 e. The van der Waals surface area contributed by atoms with Crippen LogP contribution in [0, 0.1) is 46.3 Å². The highest BCUT2D eigenvalue weighted by Crippen LogP contribution is 2.67. The maximum Gasteiger partial charge on any atom is 0.113 e. The predicted octanol–water partition coefficient (Wildman–Crippen LogP) is 6.25. The van der Waals surface area contributed by atoms with Gasteiger partial charge in [0.05, 0.1) is 6.10 Å². The molecule has 0 amide bonds. The van der Waals surface area contributed by atoms with Crippen LogP contribution < -0.4 is 0 Å². The summed E-state index contributed by atoms with van der Waals surface area (Å²) in [6.45, 7) is 2.67. The molecular weight excluding hydrogens is 354 g/mol. The van der Waals surface area contributed by atoms with E-state index in [1.165, 1.54) is 64.2 Å². The van der Waals surface area contributed by atoms with Crippen LogP contribution in [-0.2, 0) is 4.74 Å². The lowest BCUT2D eigenvalue weighted by molar-refractivity contribution is -0.130. The molecule has 1 heterocycles. The lowest BCUT2D eigenvalue weighted by Gasteiger charge is -2.60. The lowest BCUT2D eigenvalue weighted by atomic mass is 9.44. The first kappa shape index (κ1) is 19.6. The van der Waals surface area contributed by atoms with Crippen molar-refractivity contribution >= 4 is 0 Å². The van der Waals surface area contributed by atoms with Crippen molar-refractivity contribution in [1.82, 2.24) is 4.98 Å². The van der Waals surface area contributed by atoms with Crippen LogP contribution >= 0.6 is 0 Å². The van der Waals surface area contributed by atoms with Crippen LogP contribution in [0.3, 0.4) is 0 Å². The Balaban J connectivity index is 1.42. The number of methoxy groups -OCH3 is 1. The zero-order valence-corrected chi connectivity index (χ0v) is 18.3. The number of pyridine rings is 1. The SMILES string of the molecule is CO[C@H]1CC[C@H]2[C@@H]3CC[C@@H]4CCCC[C@]4(C)[C@H]3CC[C@]12CC#Cc1ccccn1. The highest BCUT2D eigenvalue weighted by molar-refractivity contribution is 5.28. The summed E-state index contributed by atoms with van der Waals surface area (Å²) < 4.78 is 6.11. The summed E-state index contributed by atoms with van der Waals surface area (Å²) in [7, 11) is 1.94. The summed E-state index contributed by atoms with van der Waals surface area (Å²) in [5.74, 6) is 10.6. The van der Waals surface area contributed by atoms with Gasteiger partial charge in [0.2, 0.25) is 0 Å². The molecule has 1 aromatic heterocycles. The van der Waals surface area contributed by atoms with Crippen LogP contribution in [0.25, 0.3) is 0 Å². The van der Waals surface area contributed by atoms with Crippen molar-refractivity contribution in [2.45, 2.75) is 83.7 Å². The molecule has 0 radical (unpaired) electrons. The predicted molar refractivity (Wildman–Crippen MR) is 117 cm³/mol. The molecule has 2 nitrogen and oxygen atoms in total. The van der Waals surface area contributed by atoms with Crippen LogP contribution in [0.5, 0.6) is 0 Å². The Kier molecular flexibility index (Phi) is 5.23. The van der Waals surface area contributed by atoms with Gasteiger partial charge in [0.15, 0.2) is 0 Å². The van der Waals surface area contributed by atoms with Gasteiger partial charge >= 0.3 is 0 Å². The Hall–Kier alpha value is -1.33. The highest BCUT2D eigenvalue weighted by atomic mass is 16.5. The van der Waals surface area contributed by atoms with Gasteiger partial charge in [-0.25, -0.2) is 4.98 Å². The first-order valence-corrected chi connectivity index (χ1v) is 12.1. The molecule has 4 fully saturated rings. The topological polar surface area (TPSA) is 22.1 Å². The van der Waals surface area contributed by atoms with E-state index < -0.39 is 0 Å². The number of hydrogen-bond acceptors (Lipinski definition) is 2. The van der Waals surface area contributed by atoms with Gasteiger partial charge in [0, 0.05) is 25.1 Å². The average molecular weight is 392 g/mol. The molecule has 4 saturated carbocycles. The van der Waals surface area contributed by atoms with Crippen molar-refractivity contribution in [1.29, 1.82) is 0 Å². The molecule has 4 aliphatic carbocycles. The largest absolute Gasteiger partial charge is 0.381 e. The number of hydrogen-bond donors (Lipinski definition) is 0. The molecule has 0 aromatic carbocycles. The molecule has 0 saturated heterocycles. The third kappa shape index (κ3) is 3.16. The van der Waals surface area contributed by atoms with Crippen molar-refractivity contribution in [2.24, 2.45) is 34.5 Å². The Morgan fingerprint density at radius 2 is 1.97 bits per heavy atom. The van der Waals surface area contributed by atoms with Gasteiger partial charge in [0.1, 0.15) is 5.69 Å². The maximum absolute atomic E-state index is 6.11. The van der Waals surface area contributed by atoms with Gasteiger partial charge in [-0.3, -0.25) is 0 Å². The fraction of sp³-hybridized carbons (Fsp3) is 0.741. The van der Waals surface area contributed by atoms with Gasteiger partial charge in [-0.15, -0.1) is 0 Å². The van der Waals surface area contributed by atoms with Crippen molar-refractivity contribution in [3.63, 3.8) is 0 Å². The summed E-state index contributed by atoms with van der Waals surface area (Å²) in [6, 6.07) is 6.01. The smallest absolute Gasteiger partial charge is 0.113 e. The Bertz CT molecular complexity index is 779. The van der Waals surface area contributed by atoms with Gasteiger partial charge in [-0.1, -0.05) is 31.8 Å². The zero-order chi connectivity index (χ0) is 19.9. The van der Waals surface area contributed by atoms with E-state index in [1.807, 2.05) is 31.5 Å². The van der Waals surface area contributed by atoms with Gasteiger partial charge in [0.25, 0.3) is 0 Å². The summed E-state index contributed by atoms with van der Waals surface area (Å²) in [4.78, 5) is 4.40. The molecular formula is C27H37NO. The molecule has 2 heteroatoms. The Labute approximate surface area is 177 Å². The fourth-order valence-electron chi connectivity index (χ4n) is 8.48. The van der Waals surface area contributed by atoms with Gasteiger partial charge in [-0.2, -0.15) is 0 Å². The monoisotopic (exact) mass is 391 g/mol. The van der Waals surface area contributed by atoms with Gasteiger partial charge < -0.3 is 4.74 Å². The van der Waals surface area contributed by atoms with Crippen LogP contribution in [0.4, 0.5) is 0 Å². The summed E-state index contributed by atoms with van der Waals surface area (Å²) in [6.07, 6.45) is 17.4. The fourth-order valence-corrected chi connectivity index (χ4v) is 8.48. The minimum atomic E-state index is 0.273. The normalized spacial score (nSPS) is 43.4. The molecule has 0 N–H and O–H groups in total. The van der Waals surface area contributed by atoms with Crippen LogP contribution in [0.1, 0.15) is 83.2 Å². The molecule has 156 valence electrons. The first-order valence-electron chi connectivity index (χ1n) is 12.1. The number of rotatable bonds is 2. The second-order valence-electron chi connectivity index (χ2n) is 10.7. The van der Waals surface area contributed by atoms with Crippen LogP contribution in [0.2, 0.25) is 0 Å². The molecule has 0 bridgehead atoms. The van der Waals surface area contributed by atoms with E-state index in [-0.39, 0.29) is 5.41 Å².